The first kappa shape index (κ1) is 74.2. The smallest absolute Gasteiger partial charge is 0.351 e. The van der Waals surface area contributed by atoms with Crippen LogP contribution < -0.4 is 16.0 Å². The van der Waals surface area contributed by atoms with Crippen molar-refractivity contribution in [1.82, 2.24) is 55.1 Å². The predicted octanol–water partition coefficient (Wildman–Crippen LogP) is 4.24. The molecule has 0 aliphatic carbocycles. The number of carbonyl (C=O) groups excluding carboxylic acids is 11. The van der Waals surface area contributed by atoms with Gasteiger partial charge in [0.2, 0.25) is 65.0 Å². The number of alkyl halides is 3. The molecule has 2 aliphatic heterocycles. The van der Waals surface area contributed by atoms with E-state index in [4.69, 9.17) is 11.6 Å². The summed E-state index contributed by atoms with van der Waals surface area (Å²) in [7, 11) is 9.68. The van der Waals surface area contributed by atoms with Gasteiger partial charge >= 0.3 is 6.18 Å². The molecule has 9 atom stereocenters. The van der Waals surface area contributed by atoms with Crippen LogP contribution in [0.1, 0.15) is 117 Å². The largest absolute Gasteiger partial charge is 0.416 e. The number of halogens is 4. The van der Waals surface area contributed by atoms with Gasteiger partial charge in [0.05, 0.1) is 25.2 Å². The number of hydrogen-bond acceptors (Lipinski definition) is 11. The van der Waals surface area contributed by atoms with E-state index in [0.29, 0.717) is 29.0 Å². The van der Waals surface area contributed by atoms with E-state index in [2.05, 4.69) is 16.0 Å². The van der Waals surface area contributed by atoms with Crippen LogP contribution >= 0.6 is 11.6 Å². The normalized spacial score (nSPS) is 24.8. The predicted molar refractivity (Wildman–Crippen MR) is 329 cm³/mol. The summed E-state index contributed by atoms with van der Waals surface area (Å²) in [4.78, 5) is 167. The van der Waals surface area contributed by atoms with Gasteiger partial charge in [-0.3, -0.25) is 52.7 Å². The summed E-state index contributed by atoms with van der Waals surface area (Å²) in [6.07, 6.45) is -3.89. The van der Waals surface area contributed by atoms with Gasteiger partial charge in [0.1, 0.15) is 42.3 Å². The zero-order chi connectivity index (χ0) is 67.1. The van der Waals surface area contributed by atoms with E-state index in [9.17, 15) is 65.9 Å². The Bertz CT molecular complexity index is 2840. The highest BCUT2D eigenvalue weighted by Gasteiger charge is 2.44. The molecule has 0 aromatic heterocycles. The molecule has 0 radical (unpaired) electrons. The van der Waals surface area contributed by atoms with Crippen LogP contribution in [0.25, 0.3) is 0 Å². The van der Waals surface area contributed by atoms with E-state index in [1.54, 1.807) is 38.1 Å². The average Bonchev–Trinajstić information content (AvgIpc) is 3.96. The molecular weight excluding hydrogens is 1180 g/mol. The van der Waals surface area contributed by atoms with Crippen LogP contribution in [0.15, 0.2) is 48.5 Å². The standard InChI is InChI=1S/C63H93ClF3N11O11/c1-16-39(6)55-62(89)73(11)35-53(81)71(9)36-54(82)75(13)50(33-43-21-26-45(64)27-22-43)59(86)72(10)34-51(79)69-46(28-23-42-19-24-44(25-20-42)63(65,66)67)58(85)78-29-17-18-47(78)60(87)77(15)49(31-38(4)5)61(88)76(14)48(30-37(2)3)57(84)68-40(7)32-52(80)74(12)41(8)56(83)70-55/h19-22,24-27,37-41,46-50,55H,16-18,23,28-36H2,1-15H3,(H,68,84)(H,69,79)(H,70,83)/t39-,40+,41-,46-,47-,48-,49-,50-,55-/m0/s1. The van der Waals surface area contributed by atoms with Crippen molar-refractivity contribution >= 4 is 76.6 Å². The van der Waals surface area contributed by atoms with Gasteiger partial charge in [0.15, 0.2) is 0 Å². The minimum absolute atomic E-state index is 0.0138. The molecule has 26 heteroatoms. The Kier molecular flexibility index (Phi) is 27.5. The Morgan fingerprint density at radius 2 is 1.12 bits per heavy atom. The number of nitrogens with one attached hydrogen (secondary N) is 3. The van der Waals surface area contributed by atoms with Crippen LogP contribution in [0.5, 0.6) is 0 Å². The van der Waals surface area contributed by atoms with Gasteiger partial charge in [-0.15, -0.1) is 0 Å². The summed E-state index contributed by atoms with van der Waals surface area (Å²) >= 11 is 6.19. The van der Waals surface area contributed by atoms with Crippen LogP contribution in [0.3, 0.4) is 0 Å². The first-order chi connectivity index (χ1) is 41.5. The molecule has 2 saturated heterocycles. The van der Waals surface area contributed by atoms with Crippen molar-refractivity contribution in [2.75, 3.05) is 75.5 Å². The lowest BCUT2D eigenvalue weighted by molar-refractivity contribution is -0.152. The Morgan fingerprint density at radius 1 is 0.573 bits per heavy atom. The second-order valence-electron chi connectivity index (χ2n) is 24.9. The highest BCUT2D eigenvalue weighted by atomic mass is 35.5. The van der Waals surface area contributed by atoms with Gasteiger partial charge in [0.25, 0.3) is 0 Å². The molecule has 89 heavy (non-hydrogen) atoms. The van der Waals surface area contributed by atoms with E-state index >= 15 is 0 Å². The average molecular weight is 1270 g/mol. The third-order valence-corrected chi connectivity index (χ3v) is 17.1. The molecule has 2 aromatic rings. The first-order valence-electron chi connectivity index (χ1n) is 30.4. The summed E-state index contributed by atoms with van der Waals surface area (Å²) in [5.41, 5.74) is 0.0733. The second-order valence-corrected chi connectivity index (χ2v) is 25.3. The number of likely N-dealkylation sites (N-methyl/N-ethyl adjacent to an activating group) is 7. The number of nitrogens with zero attached hydrogens (tertiary/aromatic N) is 8. The molecular formula is C63H93ClF3N11O11. The second kappa shape index (κ2) is 33.0. The zero-order valence-corrected chi connectivity index (χ0v) is 55.0. The number of benzene rings is 2. The van der Waals surface area contributed by atoms with Crippen molar-refractivity contribution in [3.63, 3.8) is 0 Å². The molecule has 11 amide bonds. The van der Waals surface area contributed by atoms with Gasteiger partial charge in [-0.25, -0.2) is 0 Å². The van der Waals surface area contributed by atoms with Crippen molar-refractivity contribution in [3.8, 4) is 0 Å². The maximum Gasteiger partial charge on any atom is 0.416 e. The van der Waals surface area contributed by atoms with Crippen molar-refractivity contribution in [2.24, 2.45) is 17.8 Å². The highest BCUT2D eigenvalue weighted by Crippen LogP contribution is 2.30. The van der Waals surface area contributed by atoms with E-state index in [1.165, 1.54) is 88.0 Å². The number of hydrogen-bond donors (Lipinski definition) is 3. The van der Waals surface area contributed by atoms with Crippen LogP contribution in [0, 0.1) is 17.8 Å². The molecule has 0 saturated carbocycles. The Labute approximate surface area is 526 Å². The third-order valence-electron chi connectivity index (χ3n) is 16.9. The van der Waals surface area contributed by atoms with E-state index in [-0.39, 0.29) is 63.3 Å². The number of rotatable bonds is 11. The van der Waals surface area contributed by atoms with E-state index in [1.807, 2.05) is 34.6 Å². The molecule has 0 bridgehead atoms. The Balaban J connectivity index is 1.81. The molecule has 4 rings (SSSR count). The lowest BCUT2D eigenvalue weighted by atomic mass is 9.97. The number of aryl methyl sites for hydroxylation is 1. The molecule has 0 spiro atoms. The molecule has 3 N–H and O–H groups in total. The fourth-order valence-electron chi connectivity index (χ4n) is 10.8. The summed E-state index contributed by atoms with van der Waals surface area (Å²) in [5.74, 6) is -7.97. The minimum atomic E-state index is -4.62. The molecule has 2 fully saturated rings. The summed E-state index contributed by atoms with van der Waals surface area (Å²) in [6.45, 7) is 12.4. The zero-order valence-electron chi connectivity index (χ0n) is 54.2. The topological polar surface area (TPSA) is 250 Å². The number of amides is 11. The van der Waals surface area contributed by atoms with Crippen molar-refractivity contribution in [2.45, 2.75) is 168 Å². The van der Waals surface area contributed by atoms with Gasteiger partial charge in [-0.2, -0.15) is 13.2 Å². The van der Waals surface area contributed by atoms with E-state index < -0.39 is 151 Å². The van der Waals surface area contributed by atoms with Crippen molar-refractivity contribution < 1.29 is 65.9 Å². The lowest BCUT2D eigenvalue weighted by Crippen LogP contribution is -2.59. The van der Waals surface area contributed by atoms with Crippen LogP contribution in [0.4, 0.5) is 13.2 Å². The SMILES string of the molecule is CC[C@H](C)[C@@H]1NC(=O)[C@H](C)N(C)C(=O)C[C@@H](C)NC(=O)[C@H](CC(C)C)N(C)C(=O)[C@H](CC(C)C)N(C)C(=O)[C@@H]2CCCN2C(=O)[C@H](CCc2ccc(C(F)(F)F)cc2)NC(=O)CN(C)C(=O)[C@H](Cc2ccc(Cl)cc2)N(C)C(=O)CN(C)C(=O)CN(C)C1=O. The van der Waals surface area contributed by atoms with Crippen LogP contribution in [-0.4, -0.2) is 228 Å². The monoisotopic (exact) mass is 1270 g/mol. The van der Waals surface area contributed by atoms with Crippen LogP contribution in [0.2, 0.25) is 5.02 Å². The molecule has 494 valence electrons. The fourth-order valence-corrected chi connectivity index (χ4v) is 11.0. The molecule has 2 aromatic carbocycles. The first-order valence-corrected chi connectivity index (χ1v) is 30.8. The maximum absolute atomic E-state index is 15.0. The lowest BCUT2D eigenvalue weighted by Gasteiger charge is -2.38. The summed E-state index contributed by atoms with van der Waals surface area (Å²) < 4.78 is 40.8. The minimum Gasteiger partial charge on any atom is -0.351 e. The Morgan fingerprint density at radius 3 is 1.70 bits per heavy atom. The van der Waals surface area contributed by atoms with E-state index in [0.717, 1.165) is 31.7 Å². The summed E-state index contributed by atoms with van der Waals surface area (Å²) in [6, 6.07) is 1.64. The van der Waals surface area contributed by atoms with Gasteiger partial charge in [-0.1, -0.05) is 83.8 Å². The van der Waals surface area contributed by atoms with Gasteiger partial charge < -0.3 is 55.1 Å². The fraction of sp³-hybridized carbons (Fsp3) is 0.635. The third kappa shape index (κ3) is 20.6. The van der Waals surface area contributed by atoms with Crippen LogP contribution in [-0.2, 0) is 71.8 Å². The molecule has 2 heterocycles. The van der Waals surface area contributed by atoms with Gasteiger partial charge in [-0.05, 0) is 106 Å². The molecule has 2 aliphatic rings. The van der Waals surface area contributed by atoms with Gasteiger partial charge in [0, 0.05) is 79.8 Å². The van der Waals surface area contributed by atoms with Crippen molar-refractivity contribution in [1.29, 1.82) is 0 Å². The molecule has 0 unspecified atom stereocenters. The highest BCUT2D eigenvalue weighted by molar-refractivity contribution is 6.30. The Hall–Kier alpha value is -7.31. The number of fused-ring (bicyclic) bond motifs is 1. The quantitative estimate of drug-likeness (QED) is 0.287. The molecule has 22 nitrogen and oxygen atoms in total. The van der Waals surface area contributed by atoms with Crippen molar-refractivity contribution in [3.05, 3.63) is 70.2 Å². The number of carbonyl (C=O) groups is 11. The maximum atomic E-state index is 15.0. The summed E-state index contributed by atoms with van der Waals surface area (Å²) in [5, 5.41) is 8.75.